The van der Waals surface area contributed by atoms with Crippen LogP contribution < -0.4 is 0 Å². The summed E-state index contributed by atoms with van der Waals surface area (Å²) in [6.07, 6.45) is 0. The van der Waals surface area contributed by atoms with Crippen LogP contribution in [0.15, 0.2) is 54.6 Å². The number of benzene rings is 2. The third kappa shape index (κ3) is 5.98. The molecule has 0 fully saturated rings. The molecule has 0 spiro atoms. The quantitative estimate of drug-likeness (QED) is 0.721. The number of likely N-dealkylation sites (N-methyl/N-ethyl adjacent to an activating group) is 1. The molecule has 0 unspecified atom stereocenters. The SMILES string of the molecule is CCN(CC(=O)N(Cc1ccccc1)C(C)C)Cc1cccc(F)c1. The van der Waals surface area contributed by atoms with Crippen LogP contribution in [0.1, 0.15) is 31.9 Å². The Bertz CT molecular complexity index is 673. The summed E-state index contributed by atoms with van der Waals surface area (Å²) in [6.45, 7) is 8.32. The van der Waals surface area contributed by atoms with Crippen molar-refractivity contribution in [3.8, 4) is 0 Å². The minimum atomic E-state index is -0.243. The molecule has 4 heteroatoms. The molecular formula is C21H27FN2O. The zero-order valence-corrected chi connectivity index (χ0v) is 15.3. The number of carbonyl (C=O) groups excluding carboxylic acids is 1. The summed E-state index contributed by atoms with van der Waals surface area (Å²) in [7, 11) is 0. The van der Waals surface area contributed by atoms with Crippen molar-refractivity contribution in [2.24, 2.45) is 0 Å². The van der Waals surface area contributed by atoms with Crippen molar-refractivity contribution in [2.45, 2.75) is 39.9 Å². The van der Waals surface area contributed by atoms with Crippen molar-refractivity contribution in [3.63, 3.8) is 0 Å². The van der Waals surface area contributed by atoms with E-state index in [0.717, 1.165) is 17.7 Å². The minimum Gasteiger partial charge on any atom is -0.335 e. The molecule has 134 valence electrons. The van der Waals surface area contributed by atoms with Crippen LogP contribution in [0.25, 0.3) is 0 Å². The fourth-order valence-electron chi connectivity index (χ4n) is 2.79. The van der Waals surface area contributed by atoms with Crippen LogP contribution in [0.2, 0.25) is 0 Å². The molecule has 0 bridgehead atoms. The van der Waals surface area contributed by atoms with E-state index in [1.54, 1.807) is 6.07 Å². The smallest absolute Gasteiger partial charge is 0.237 e. The molecule has 0 radical (unpaired) electrons. The van der Waals surface area contributed by atoms with E-state index in [1.165, 1.54) is 12.1 Å². The molecule has 0 aromatic heterocycles. The van der Waals surface area contributed by atoms with Gasteiger partial charge in [0, 0.05) is 19.1 Å². The summed E-state index contributed by atoms with van der Waals surface area (Å²) in [6, 6.07) is 16.7. The zero-order valence-electron chi connectivity index (χ0n) is 15.3. The molecule has 0 saturated heterocycles. The largest absolute Gasteiger partial charge is 0.335 e. The fraction of sp³-hybridized carbons (Fsp3) is 0.381. The van der Waals surface area contributed by atoms with E-state index >= 15 is 0 Å². The summed E-state index contributed by atoms with van der Waals surface area (Å²) < 4.78 is 13.4. The predicted octanol–water partition coefficient (Wildman–Crippen LogP) is 4.08. The van der Waals surface area contributed by atoms with Gasteiger partial charge >= 0.3 is 0 Å². The number of halogens is 1. The molecule has 0 aliphatic carbocycles. The van der Waals surface area contributed by atoms with E-state index in [9.17, 15) is 9.18 Å². The lowest BCUT2D eigenvalue weighted by Crippen LogP contribution is -2.43. The summed E-state index contributed by atoms with van der Waals surface area (Å²) in [4.78, 5) is 16.8. The highest BCUT2D eigenvalue weighted by molar-refractivity contribution is 5.78. The molecule has 2 rings (SSSR count). The Hall–Kier alpha value is -2.20. The van der Waals surface area contributed by atoms with Gasteiger partial charge in [0.15, 0.2) is 0 Å². The highest BCUT2D eigenvalue weighted by Gasteiger charge is 2.19. The molecule has 0 aliphatic rings. The summed E-state index contributed by atoms with van der Waals surface area (Å²) >= 11 is 0. The highest BCUT2D eigenvalue weighted by atomic mass is 19.1. The van der Waals surface area contributed by atoms with Crippen molar-refractivity contribution in [1.29, 1.82) is 0 Å². The fourth-order valence-corrected chi connectivity index (χ4v) is 2.79. The van der Waals surface area contributed by atoms with Gasteiger partial charge in [-0.2, -0.15) is 0 Å². The lowest BCUT2D eigenvalue weighted by atomic mass is 10.1. The number of nitrogens with zero attached hydrogens (tertiary/aromatic N) is 2. The van der Waals surface area contributed by atoms with Gasteiger partial charge in [0.25, 0.3) is 0 Å². The second kappa shape index (κ2) is 9.33. The zero-order chi connectivity index (χ0) is 18.2. The number of amides is 1. The van der Waals surface area contributed by atoms with E-state index in [0.29, 0.717) is 19.6 Å². The first-order valence-electron chi connectivity index (χ1n) is 8.79. The topological polar surface area (TPSA) is 23.6 Å². The van der Waals surface area contributed by atoms with Crippen LogP contribution in [-0.4, -0.2) is 34.8 Å². The maximum absolute atomic E-state index is 13.4. The maximum Gasteiger partial charge on any atom is 0.237 e. The van der Waals surface area contributed by atoms with Crippen LogP contribution in [0.3, 0.4) is 0 Å². The average Bonchev–Trinajstić information content (AvgIpc) is 2.59. The van der Waals surface area contributed by atoms with Crippen LogP contribution >= 0.6 is 0 Å². The monoisotopic (exact) mass is 342 g/mol. The number of rotatable bonds is 8. The Morgan fingerprint density at radius 1 is 1.00 bits per heavy atom. The second-order valence-corrected chi connectivity index (χ2v) is 6.53. The Labute approximate surface area is 150 Å². The molecule has 3 nitrogen and oxygen atoms in total. The van der Waals surface area contributed by atoms with E-state index in [1.807, 2.05) is 67.0 Å². The molecule has 0 N–H and O–H groups in total. The number of hydrogen-bond donors (Lipinski definition) is 0. The van der Waals surface area contributed by atoms with Crippen LogP contribution in [0.5, 0.6) is 0 Å². The van der Waals surface area contributed by atoms with Crippen molar-refractivity contribution in [1.82, 2.24) is 9.80 Å². The van der Waals surface area contributed by atoms with Gasteiger partial charge in [0.05, 0.1) is 6.54 Å². The van der Waals surface area contributed by atoms with E-state index in [2.05, 4.69) is 0 Å². The Kier molecular flexibility index (Phi) is 7.14. The second-order valence-electron chi connectivity index (χ2n) is 6.53. The van der Waals surface area contributed by atoms with Crippen LogP contribution in [-0.2, 0) is 17.9 Å². The van der Waals surface area contributed by atoms with E-state index in [-0.39, 0.29) is 17.8 Å². The molecule has 2 aromatic carbocycles. The average molecular weight is 342 g/mol. The Balaban J connectivity index is 2.02. The Morgan fingerprint density at radius 2 is 1.68 bits per heavy atom. The van der Waals surface area contributed by atoms with E-state index in [4.69, 9.17) is 0 Å². The third-order valence-corrected chi connectivity index (χ3v) is 4.24. The van der Waals surface area contributed by atoms with Gasteiger partial charge in [-0.3, -0.25) is 9.69 Å². The van der Waals surface area contributed by atoms with E-state index < -0.39 is 0 Å². The first-order chi connectivity index (χ1) is 12.0. The summed E-state index contributed by atoms with van der Waals surface area (Å²) in [5.41, 5.74) is 2.01. The minimum absolute atomic E-state index is 0.0945. The molecule has 0 atom stereocenters. The first-order valence-corrected chi connectivity index (χ1v) is 8.79. The van der Waals surface area contributed by atoms with Crippen molar-refractivity contribution in [2.75, 3.05) is 13.1 Å². The van der Waals surface area contributed by atoms with Gasteiger partial charge in [0.2, 0.25) is 5.91 Å². The van der Waals surface area contributed by atoms with Gasteiger partial charge in [-0.1, -0.05) is 49.4 Å². The maximum atomic E-state index is 13.4. The Morgan fingerprint density at radius 3 is 2.28 bits per heavy atom. The van der Waals surface area contributed by atoms with Gasteiger partial charge in [-0.25, -0.2) is 4.39 Å². The lowest BCUT2D eigenvalue weighted by molar-refractivity contribution is -0.134. The highest BCUT2D eigenvalue weighted by Crippen LogP contribution is 2.11. The van der Waals surface area contributed by atoms with Gasteiger partial charge < -0.3 is 4.90 Å². The van der Waals surface area contributed by atoms with Crippen molar-refractivity contribution in [3.05, 3.63) is 71.5 Å². The number of carbonyl (C=O) groups is 1. The summed E-state index contributed by atoms with van der Waals surface area (Å²) in [5.74, 6) is -0.148. The molecule has 25 heavy (non-hydrogen) atoms. The molecule has 0 heterocycles. The first kappa shape index (κ1) is 19.1. The standard InChI is InChI=1S/C21H27FN2O/c1-4-23(14-19-11-8-12-20(22)13-19)16-21(25)24(17(2)3)15-18-9-6-5-7-10-18/h5-13,17H,4,14-16H2,1-3H3. The molecule has 0 aliphatic heterocycles. The number of hydrogen-bond acceptors (Lipinski definition) is 2. The van der Waals surface area contributed by atoms with Gasteiger partial charge in [-0.15, -0.1) is 0 Å². The molecule has 1 amide bonds. The third-order valence-electron chi connectivity index (χ3n) is 4.24. The van der Waals surface area contributed by atoms with Crippen molar-refractivity contribution >= 4 is 5.91 Å². The van der Waals surface area contributed by atoms with Crippen LogP contribution in [0, 0.1) is 5.82 Å². The molecular weight excluding hydrogens is 315 g/mol. The molecule has 0 saturated carbocycles. The predicted molar refractivity (Wildman–Crippen MR) is 99.5 cm³/mol. The summed E-state index contributed by atoms with van der Waals surface area (Å²) in [5, 5.41) is 0. The van der Waals surface area contributed by atoms with Crippen LogP contribution in [0.4, 0.5) is 4.39 Å². The molecule has 2 aromatic rings. The van der Waals surface area contributed by atoms with Gasteiger partial charge in [0.1, 0.15) is 5.82 Å². The normalized spacial score (nSPS) is 11.1. The van der Waals surface area contributed by atoms with Gasteiger partial charge in [-0.05, 0) is 43.7 Å². The van der Waals surface area contributed by atoms with Crippen molar-refractivity contribution < 1.29 is 9.18 Å². The lowest BCUT2D eigenvalue weighted by Gasteiger charge is -2.30.